The minimum atomic E-state index is -3.57. The number of hydrogen-bond donors (Lipinski definition) is 0. The third-order valence-electron chi connectivity index (χ3n) is 4.85. The maximum Gasteiger partial charge on any atom is 0.311 e. The molecule has 0 aliphatic heterocycles. The van der Waals surface area contributed by atoms with Crippen molar-refractivity contribution in [3.8, 4) is 0 Å². The van der Waals surface area contributed by atoms with Crippen molar-refractivity contribution in [2.24, 2.45) is 10.8 Å². The van der Waals surface area contributed by atoms with Crippen LogP contribution < -0.4 is 0 Å². The molecule has 0 N–H and O–H groups in total. The van der Waals surface area contributed by atoms with Crippen LogP contribution in [-0.4, -0.2) is 19.6 Å². The second-order valence-electron chi connectivity index (χ2n) is 5.80. The highest BCUT2D eigenvalue weighted by Crippen LogP contribution is 2.62. The molecule has 1 fully saturated rings. The molecule has 1 nitrogen and oxygen atoms in total. The number of halogens is 3. The molecule has 2 aliphatic carbocycles. The fourth-order valence-electron chi connectivity index (χ4n) is 3.80. The molecule has 0 aromatic rings. The van der Waals surface area contributed by atoms with Gasteiger partial charge in [-0.1, -0.05) is 37.5 Å². The van der Waals surface area contributed by atoms with Crippen LogP contribution in [-0.2, 0) is 4.74 Å². The molecule has 0 bridgehead atoms. The minimum Gasteiger partial charge on any atom is -0.384 e. The highest BCUT2D eigenvalue weighted by molar-refractivity contribution is 5.36. The summed E-state index contributed by atoms with van der Waals surface area (Å²) in [7, 11) is 1.50. The molecule has 2 aliphatic rings. The molecule has 0 spiro atoms. The summed E-state index contributed by atoms with van der Waals surface area (Å²) in [6, 6.07) is 0. The van der Waals surface area contributed by atoms with Crippen LogP contribution in [0.5, 0.6) is 0 Å². The quantitative estimate of drug-likeness (QED) is 0.674. The van der Waals surface area contributed by atoms with Crippen molar-refractivity contribution in [3.05, 3.63) is 36.7 Å². The van der Waals surface area contributed by atoms with Crippen molar-refractivity contribution in [2.45, 2.75) is 38.0 Å². The van der Waals surface area contributed by atoms with Crippen LogP contribution in [0.1, 0.15) is 32.1 Å². The summed E-state index contributed by atoms with van der Waals surface area (Å²) >= 11 is 0. The van der Waals surface area contributed by atoms with Gasteiger partial charge < -0.3 is 4.74 Å². The van der Waals surface area contributed by atoms with E-state index in [1.807, 2.05) is 0 Å². The minimum absolute atomic E-state index is 0.187. The summed E-state index contributed by atoms with van der Waals surface area (Å²) in [4.78, 5) is 0. The highest BCUT2D eigenvalue weighted by Gasteiger charge is 2.65. The van der Waals surface area contributed by atoms with Gasteiger partial charge in [-0.05, 0) is 18.9 Å². The van der Waals surface area contributed by atoms with Gasteiger partial charge in [-0.15, -0.1) is 6.58 Å². The lowest BCUT2D eigenvalue weighted by Gasteiger charge is -2.53. The molecule has 0 radical (unpaired) electrons. The monoisotopic (exact) mass is 286 g/mol. The predicted octanol–water partition coefficient (Wildman–Crippen LogP) is 4.81. The smallest absolute Gasteiger partial charge is 0.311 e. The lowest BCUT2D eigenvalue weighted by molar-refractivity contribution is -0.149. The molecule has 20 heavy (non-hydrogen) atoms. The average molecular weight is 286 g/mol. The molecule has 1 unspecified atom stereocenters. The van der Waals surface area contributed by atoms with Crippen molar-refractivity contribution < 1.29 is 17.9 Å². The third-order valence-corrected chi connectivity index (χ3v) is 4.85. The topological polar surface area (TPSA) is 9.23 Å². The van der Waals surface area contributed by atoms with E-state index < -0.39 is 22.6 Å². The van der Waals surface area contributed by atoms with Gasteiger partial charge in [0.15, 0.2) is 5.83 Å². The van der Waals surface area contributed by atoms with E-state index in [0.29, 0.717) is 12.8 Å². The Morgan fingerprint density at radius 1 is 1.30 bits per heavy atom. The van der Waals surface area contributed by atoms with Crippen LogP contribution >= 0.6 is 0 Å². The molecule has 2 rings (SSSR count). The Bertz CT molecular complexity index is 427. The van der Waals surface area contributed by atoms with Gasteiger partial charge in [0.1, 0.15) is 0 Å². The number of alkyl halides is 2. The first-order valence-corrected chi connectivity index (χ1v) is 7.02. The van der Waals surface area contributed by atoms with E-state index in [0.717, 1.165) is 25.3 Å². The molecule has 1 atom stereocenters. The largest absolute Gasteiger partial charge is 0.384 e. The van der Waals surface area contributed by atoms with Gasteiger partial charge in [-0.25, -0.2) is 4.39 Å². The second-order valence-corrected chi connectivity index (χ2v) is 5.80. The molecule has 0 saturated heterocycles. The zero-order chi connectivity index (χ0) is 14.9. The van der Waals surface area contributed by atoms with Gasteiger partial charge in [0.05, 0.1) is 12.0 Å². The molecular weight excluding hydrogens is 265 g/mol. The number of ether oxygens (including phenoxy) is 1. The Morgan fingerprint density at radius 2 is 1.95 bits per heavy atom. The van der Waals surface area contributed by atoms with Gasteiger partial charge in [-0.2, -0.15) is 8.78 Å². The van der Waals surface area contributed by atoms with E-state index in [1.54, 1.807) is 0 Å². The van der Waals surface area contributed by atoms with Gasteiger partial charge >= 0.3 is 5.92 Å². The molecule has 4 heteroatoms. The maximum atomic E-state index is 14.6. The fraction of sp³-hybridized carbons (Fsp3) is 0.625. The molecule has 1 saturated carbocycles. The van der Waals surface area contributed by atoms with E-state index >= 15 is 0 Å². The van der Waals surface area contributed by atoms with Crippen molar-refractivity contribution in [3.63, 3.8) is 0 Å². The Hall–Kier alpha value is -1.03. The van der Waals surface area contributed by atoms with Crippen LogP contribution in [0.4, 0.5) is 13.2 Å². The van der Waals surface area contributed by atoms with Crippen LogP contribution in [0.25, 0.3) is 0 Å². The summed E-state index contributed by atoms with van der Waals surface area (Å²) in [6.07, 6.45) is 8.77. The van der Waals surface area contributed by atoms with Crippen LogP contribution in [0, 0.1) is 10.8 Å². The van der Waals surface area contributed by atoms with E-state index in [2.05, 4.69) is 6.58 Å². The summed E-state index contributed by atoms with van der Waals surface area (Å²) in [6.45, 7) is 3.80. The fourth-order valence-corrected chi connectivity index (χ4v) is 3.80. The maximum absolute atomic E-state index is 14.6. The zero-order valence-electron chi connectivity index (χ0n) is 11.8. The van der Waals surface area contributed by atoms with Gasteiger partial charge in [-0.3, -0.25) is 0 Å². The Labute approximate surface area is 118 Å². The SMILES string of the molecule is C=CC1(C2(COC)CCCCC2)C=CC=C(F)C1(F)F. The van der Waals surface area contributed by atoms with Gasteiger partial charge in [0.2, 0.25) is 0 Å². The summed E-state index contributed by atoms with van der Waals surface area (Å²) in [5.74, 6) is -4.96. The normalized spacial score (nSPS) is 31.7. The van der Waals surface area contributed by atoms with Crippen LogP contribution in [0.3, 0.4) is 0 Å². The Balaban J connectivity index is 2.55. The first-order valence-electron chi connectivity index (χ1n) is 7.02. The van der Waals surface area contributed by atoms with Crippen molar-refractivity contribution in [2.75, 3.05) is 13.7 Å². The standard InChI is InChI=1S/C16H21F3O/c1-3-15(11-7-8-13(17)16(15,18)19)14(12-20-2)9-5-4-6-10-14/h3,7-8,11H,1,4-6,9-10,12H2,2H3. The van der Waals surface area contributed by atoms with E-state index in [1.165, 1.54) is 25.3 Å². The predicted molar refractivity (Wildman–Crippen MR) is 73.3 cm³/mol. The highest BCUT2D eigenvalue weighted by atomic mass is 19.3. The van der Waals surface area contributed by atoms with Crippen LogP contribution in [0.2, 0.25) is 0 Å². The summed E-state index contributed by atoms with van der Waals surface area (Å²) in [5, 5.41) is 0. The average Bonchev–Trinajstić information content (AvgIpc) is 2.43. The molecule has 0 aromatic heterocycles. The number of allylic oxidation sites excluding steroid dienone is 5. The number of hydrogen-bond acceptors (Lipinski definition) is 1. The zero-order valence-corrected chi connectivity index (χ0v) is 11.8. The number of rotatable bonds is 4. The van der Waals surface area contributed by atoms with E-state index in [-0.39, 0.29) is 6.61 Å². The van der Waals surface area contributed by atoms with Gasteiger partial charge in [0.25, 0.3) is 0 Å². The third kappa shape index (κ3) is 1.96. The first kappa shape index (κ1) is 15.4. The molecule has 0 aromatic carbocycles. The summed E-state index contributed by atoms with van der Waals surface area (Å²) < 4.78 is 48.3. The first-order chi connectivity index (χ1) is 9.46. The van der Waals surface area contributed by atoms with Crippen molar-refractivity contribution in [1.82, 2.24) is 0 Å². The molecule has 0 amide bonds. The van der Waals surface area contributed by atoms with Crippen LogP contribution in [0.15, 0.2) is 36.7 Å². The van der Waals surface area contributed by atoms with Crippen molar-refractivity contribution >= 4 is 0 Å². The van der Waals surface area contributed by atoms with Crippen molar-refractivity contribution in [1.29, 1.82) is 0 Å². The van der Waals surface area contributed by atoms with E-state index in [4.69, 9.17) is 4.74 Å². The summed E-state index contributed by atoms with van der Waals surface area (Å²) in [5.41, 5.74) is -2.51. The van der Waals surface area contributed by atoms with Gasteiger partial charge in [0, 0.05) is 12.5 Å². The molecular formula is C16H21F3O. The Morgan fingerprint density at radius 3 is 2.50 bits per heavy atom. The van der Waals surface area contributed by atoms with E-state index in [9.17, 15) is 13.2 Å². The lowest BCUT2D eigenvalue weighted by Crippen LogP contribution is -2.55. The second kappa shape index (κ2) is 5.40. The Kier molecular flexibility index (Phi) is 4.14. The lowest BCUT2D eigenvalue weighted by atomic mass is 9.53. The number of methoxy groups -OCH3 is 1. The molecule has 0 heterocycles. The molecule has 112 valence electrons.